The maximum Gasteiger partial charge on any atom is 0.309 e. The van der Waals surface area contributed by atoms with Crippen molar-refractivity contribution in [3.8, 4) is 34.0 Å². The van der Waals surface area contributed by atoms with Crippen LogP contribution in [0.1, 0.15) is 36.5 Å². The van der Waals surface area contributed by atoms with Gasteiger partial charge in [-0.05, 0) is 74.6 Å². The van der Waals surface area contributed by atoms with Gasteiger partial charge in [0.1, 0.15) is 5.69 Å². The van der Waals surface area contributed by atoms with Crippen molar-refractivity contribution in [2.75, 3.05) is 5.32 Å². The molecule has 0 aliphatic heterocycles. The van der Waals surface area contributed by atoms with Gasteiger partial charge in [0.05, 0.1) is 11.3 Å². The first kappa shape index (κ1) is 23.5. The largest absolute Gasteiger partial charge is 0.407 e. The predicted molar refractivity (Wildman–Crippen MR) is 141 cm³/mol. The van der Waals surface area contributed by atoms with Crippen molar-refractivity contribution < 1.29 is 14.3 Å². The van der Waals surface area contributed by atoms with Gasteiger partial charge in [-0.3, -0.25) is 9.59 Å². The molecule has 182 valence electrons. The van der Waals surface area contributed by atoms with Crippen LogP contribution in [0, 0.1) is 26.7 Å². The number of esters is 1. The number of hydrogen-bond acceptors (Lipinski definition) is 4. The second-order valence-corrected chi connectivity index (χ2v) is 9.53. The van der Waals surface area contributed by atoms with Crippen molar-refractivity contribution >= 4 is 17.6 Å². The maximum atomic E-state index is 12.3. The van der Waals surface area contributed by atoms with E-state index in [0.29, 0.717) is 11.6 Å². The van der Waals surface area contributed by atoms with Crippen molar-refractivity contribution in [1.82, 2.24) is 9.78 Å². The van der Waals surface area contributed by atoms with E-state index in [1.54, 1.807) is 4.68 Å². The summed E-state index contributed by atoms with van der Waals surface area (Å²) in [4.78, 5) is 24.5. The summed E-state index contributed by atoms with van der Waals surface area (Å²) in [6.45, 7) is 7.47. The molecule has 6 heteroatoms. The van der Waals surface area contributed by atoms with Crippen LogP contribution < -0.4 is 10.1 Å². The average molecular weight is 480 g/mol. The zero-order valence-corrected chi connectivity index (χ0v) is 21.0. The topological polar surface area (TPSA) is 73.2 Å². The summed E-state index contributed by atoms with van der Waals surface area (Å²) in [6, 6.07) is 21.8. The highest BCUT2D eigenvalue weighted by Gasteiger charge is 2.30. The smallest absolute Gasteiger partial charge is 0.309 e. The van der Waals surface area contributed by atoms with Gasteiger partial charge in [0.25, 0.3) is 0 Å². The molecule has 36 heavy (non-hydrogen) atoms. The van der Waals surface area contributed by atoms with Gasteiger partial charge in [-0.15, -0.1) is 0 Å². The standard InChI is InChI=1S/C30H29N3O3/c1-18-6-5-7-24(16-18)28-27(22-12-14-25(15-13-22)31-29(35)23-10-11-23)30(36-21(4)34)33(32-28)26-17-19(2)8-9-20(26)3/h5-9,12-17,23H,10-11H2,1-4H3,(H,31,35). The summed E-state index contributed by atoms with van der Waals surface area (Å²) < 4.78 is 7.56. The van der Waals surface area contributed by atoms with E-state index >= 15 is 0 Å². The quantitative estimate of drug-likeness (QED) is 0.325. The van der Waals surface area contributed by atoms with Gasteiger partial charge >= 0.3 is 5.97 Å². The Morgan fingerprint density at radius 3 is 2.31 bits per heavy atom. The van der Waals surface area contributed by atoms with Crippen LogP contribution in [0.15, 0.2) is 66.7 Å². The fourth-order valence-corrected chi connectivity index (χ4v) is 4.31. The summed E-state index contributed by atoms with van der Waals surface area (Å²) in [7, 11) is 0. The van der Waals surface area contributed by atoms with Crippen molar-refractivity contribution in [2.24, 2.45) is 5.92 Å². The molecule has 6 nitrogen and oxygen atoms in total. The molecule has 1 aliphatic rings. The van der Waals surface area contributed by atoms with Crippen molar-refractivity contribution in [1.29, 1.82) is 0 Å². The van der Waals surface area contributed by atoms with Gasteiger partial charge in [0.15, 0.2) is 0 Å². The zero-order chi connectivity index (χ0) is 25.4. The Morgan fingerprint density at radius 2 is 1.64 bits per heavy atom. The normalized spacial score (nSPS) is 12.9. The Kier molecular flexibility index (Phi) is 6.18. The molecule has 0 radical (unpaired) electrons. The molecule has 4 aromatic rings. The van der Waals surface area contributed by atoms with E-state index in [4.69, 9.17) is 9.84 Å². The zero-order valence-electron chi connectivity index (χ0n) is 21.0. The molecule has 0 saturated heterocycles. The molecule has 1 fully saturated rings. The van der Waals surface area contributed by atoms with Crippen molar-refractivity contribution in [3.05, 3.63) is 83.4 Å². The molecule has 1 aliphatic carbocycles. The van der Waals surface area contributed by atoms with Crippen LogP contribution in [-0.2, 0) is 9.59 Å². The Balaban J connectivity index is 1.70. The van der Waals surface area contributed by atoms with Crippen LogP contribution in [0.25, 0.3) is 28.1 Å². The van der Waals surface area contributed by atoms with Crippen molar-refractivity contribution in [3.63, 3.8) is 0 Å². The first-order valence-electron chi connectivity index (χ1n) is 12.2. The van der Waals surface area contributed by atoms with Crippen LogP contribution in [0.5, 0.6) is 5.88 Å². The summed E-state index contributed by atoms with van der Waals surface area (Å²) in [6.07, 6.45) is 1.90. The van der Waals surface area contributed by atoms with Crippen LogP contribution in [0.4, 0.5) is 5.69 Å². The molecule has 1 N–H and O–H groups in total. The molecular weight excluding hydrogens is 450 g/mol. The van der Waals surface area contributed by atoms with Gasteiger partial charge in [-0.1, -0.05) is 48.0 Å². The first-order chi connectivity index (χ1) is 17.3. The highest BCUT2D eigenvalue weighted by Crippen LogP contribution is 2.42. The molecule has 0 spiro atoms. The third kappa shape index (κ3) is 4.80. The van der Waals surface area contributed by atoms with E-state index in [9.17, 15) is 9.59 Å². The van der Waals surface area contributed by atoms with Crippen molar-refractivity contribution in [2.45, 2.75) is 40.5 Å². The predicted octanol–water partition coefficient (Wildman–Crippen LogP) is 6.41. The van der Waals surface area contributed by atoms with Gasteiger partial charge in [-0.25, -0.2) is 0 Å². The summed E-state index contributed by atoms with van der Waals surface area (Å²) in [5.41, 5.74) is 7.97. The van der Waals surface area contributed by atoms with Gasteiger partial charge in [0.2, 0.25) is 11.8 Å². The number of nitrogens with zero attached hydrogens (tertiary/aromatic N) is 2. The summed E-state index contributed by atoms with van der Waals surface area (Å²) in [5, 5.41) is 7.98. The molecule has 1 heterocycles. The third-order valence-electron chi connectivity index (χ3n) is 6.36. The lowest BCUT2D eigenvalue weighted by atomic mass is 10.00. The molecule has 1 amide bonds. The van der Waals surface area contributed by atoms with Gasteiger partial charge in [-0.2, -0.15) is 9.78 Å². The van der Waals surface area contributed by atoms with Gasteiger partial charge < -0.3 is 10.1 Å². The number of hydrogen-bond donors (Lipinski definition) is 1. The van der Waals surface area contributed by atoms with E-state index in [2.05, 4.69) is 11.4 Å². The van der Waals surface area contributed by atoms with E-state index in [1.807, 2.05) is 81.4 Å². The minimum absolute atomic E-state index is 0.0616. The lowest BCUT2D eigenvalue weighted by Crippen LogP contribution is -2.13. The number of aryl methyl sites for hydroxylation is 3. The first-order valence-corrected chi connectivity index (χ1v) is 12.2. The maximum absolute atomic E-state index is 12.3. The molecule has 0 bridgehead atoms. The minimum Gasteiger partial charge on any atom is -0.407 e. The second kappa shape index (κ2) is 9.46. The summed E-state index contributed by atoms with van der Waals surface area (Å²) >= 11 is 0. The average Bonchev–Trinajstić information content (AvgIpc) is 3.63. The Bertz CT molecular complexity index is 1460. The number of anilines is 1. The van der Waals surface area contributed by atoms with Crippen LogP contribution in [0.2, 0.25) is 0 Å². The number of carbonyl (C=O) groups is 2. The molecule has 1 aromatic heterocycles. The molecule has 0 unspecified atom stereocenters. The lowest BCUT2D eigenvalue weighted by molar-refractivity contribution is -0.132. The number of nitrogens with one attached hydrogen (secondary N) is 1. The molecule has 5 rings (SSSR count). The molecule has 0 atom stereocenters. The lowest BCUT2D eigenvalue weighted by Gasteiger charge is -2.12. The highest BCUT2D eigenvalue weighted by atomic mass is 16.5. The molecule has 3 aromatic carbocycles. The van der Waals surface area contributed by atoms with E-state index < -0.39 is 5.97 Å². The van der Waals surface area contributed by atoms with Crippen LogP contribution in [-0.4, -0.2) is 21.7 Å². The number of ether oxygens (including phenoxy) is 1. The van der Waals surface area contributed by atoms with Gasteiger partial charge in [0, 0.05) is 24.1 Å². The monoisotopic (exact) mass is 479 g/mol. The Hall–Kier alpha value is -4.19. The fourth-order valence-electron chi connectivity index (χ4n) is 4.31. The number of rotatable bonds is 6. The number of carbonyl (C=O) groups excluding carboxylic acids is 2. The van der Waals surface area contributed by atoms with E-state index in [0.717, 1.165) is 57.6 Å². The van der Waals surface area contributed by atoms with Crippen LogP contribution in [0.3, 0.4) is 0 Å². The van der Waals surface area contributed by atoms with E-state index in [1.165, 1.54) is 6.92 Å². The number of benzene rings is 3. The number of aromatic nitrogens is 2. The highest BCUT2D eigenvalue weighted by molar-refractivity contribution is 5.94. The Labute approximate surface area is 210 Å². The summed E-state index contributed by atoms with van der Waals surface area (Å²) in [5.74, 6) is 0.129. The number of amides is 1. The van der Waals surface area contributed by atoms with Crippen LogP contribution >= 0.6 is 0 Å². The molecule has 1 saturated carbocycles. The fraction of sp³-hybridized carbons (Fsp3) is 0.233. The second-order valence-electron chi connectivity index (χ2n) is 9.53. The SMILES string of the molecule is CC(=O)Oc1c(-c2ccc(NC(=O)C3CC3)cc2)c(-c2cccc(C)c2)nn1-c1cc(C)ccc1C. The minimum atomic E-state index is -0.424. The Morgan fingerprint density at radius 1 is 0.917 bits per heavy atom. The third-order valence-corrected chi connectivity index (χ3v) is 6.36. The van der Waals surface area contributed by atoms with E-state index in [-0.39, 0.29) is 11.8 Å². The molecular formula is C30H29N3O3.